The molecule has 0 saturated heterocycles. The predicted octanol–water partition coefficient (Wildman–Crippen LogP) is 4.50. The van der Waals surface area contributed by atoms with Crippen LogP contribution in [0, 0.1) is 0 Å². The molecule has 1 aromatic carbocycles. The van der Waals surface area contributed by atoms with E-state index in [1.165, 1.54) is 36.9 Å². The molecule has 0 aromatic heterocycles. The normalized spacial score (nSPS) is 12.4. The summed E-state index contributed by atoms with van der Waals surface area (Å²) in [7, 11) is 0. The first kappa shape index (κ1) is 16.0. The number of hydrogen-bond acceptors (Lipinski definition) is 2. The molecule has 0 spiro atoms. The van der Waals surface area contributed by atoms with Crippen LogP contribution in [-0.4, -0.2) is 13.1 Å². The second-order valence-corrected chi connectivity index (χ2v) is 5.27. The fourth-order valence-electron chi connectivity index (χ4n) is 2.36. The molecule has 0 fully saturated rings. The summed E-state index contributed by atoms with van der Waals surface area (Å²) >= 11 is 0. The molecule has 108 valence electrons. The minimum Gasteiger partial charge on any atom is -0.371 e. The Hall–Kier alpha value is -1.02. The molecule has 0 amide bonds. The Labute approximate surface area is 119 Å². The van der Waals surface area contributed by atoms with Crippen molar-refractivity contribution in [3.63, 3.8) is 0 Å². The van der Waals surface area contributed by atoms with Gasteiger partial charge in [0.1, 0.15) is 0 Å². The highest BCUT2D eigenvalue weighted by molar-refractivity contribution is 5.55. The van der Waals surface area contributed by atoms with E-state index in [1.54, 1.807) is 0 Å². The van der Waals surface area contributed by atoms with E-state index >= 15 is 0 Å². The Morgan fingerprint density at radius 3 is 2.11 bits per heavy atom. The number of anilines is 1. The first-order chi connectivity index (χ1) is 9.24. The molecule has 1 rings (SSSR count). The van der Waals surface area contributed by atoms with Gasteiger partial charge in [-0.3, -0.25) is 0 Å². The average Bonchev–Trinajstić information content (AvgIpc) is 2.47. The maximum absolute atomic E-state index is 6.26. The number of benzene rings is 1. The van der Waals surface area contributed by atoms with E-state index in [9.17, 15) is 0 Å². The smallest absolute Gasteiger partial charge is 0.0414 e. The highest BCUT2D eigenvalue weighted by atomic mass is 15.1. The number of para-hydroxylation sites is 1. The lowest BCUT2D eigenvalue weighted by atomic mass is 10.0. The van der Waals surface area contributed by atoms with Gasteiger partial charge in [0.05, 0.1) is 0 Å². The van der Waals surface area contributed by atoms with Gasteiger partial charge in [0.25, 0.3) is 0 Å². The van der Waals surface area contributed by atoms with Gasteiger partial charge in [-0.05, 0) is 30.9 Å². The Bertz CT molecular complexity index is 341. The van der Waals surface area contributed by atoms with E-state index in [1.807, 2.05) is 0 Å². The monoisotopic (exact) mass is 262 g/mol. The molecule has 0 bridgehead atoms. The van der Waals surface area contributed by atoms with Crippen molar-refractivity contribution in [3.8, 4) is 0 Å². The van der Waals surface area contributed by atoms with Crippen molar-refractivity contribution in [2.24, 2.45) is 5.73 Å². The zero-order valence-corrected chi connectivity index (χ0v) is 12.9. The minimum atomic E-state index is 0.155. The van der Waals surface area contributed by atoms with Crippen LogP contribution in [0.15, 0.2) is 24.3 Å². The number of rotatable bonds is 9. The first-order valence-corrected chi connectivity index (χ1v) is 7.83. The van der Waals surface area contributed by atoms with Crippen molar-refractivity contribution >= 4 is 5.69 Å². The molecule has 0 unspecified atom stereocenters. The van der Waals surface area contributed by atoms with Gasteiger partial charge in [0, 0.05) is 24.8 Å². The number of hydrogen-bond donors (Lipinski definition) is 1. The summed E-state index contributed by atoms with van der Waals surface area (Å²) in [5.74, 6) is 0. The van der Waals surface area contributed by atoms with E-state index < -0.39 is 0 Å². The van der Waals surface area contributed by atoms with Crippen LogP contribution in [0.2, 0.25) is 0 Å². The highest BCUT2D eigenvalue weighted by Crippen LogP contribution is 2.27. The molecule has 19 heavy (non-hydrogen) atoms. The van der Waals surface area contributed by atoms with Crippen molar-refractivity contribution in [3.05, 3.63) is 29.8 Å². The highest BCUT2D eigenvalue weighted by Gasteiger charge is 2.14. The molecular weight excluding hydrogens is 232 g/mol. The van der Waals surface area contributed by atoms with E-state index in [0.29, 0.717) is 0 Å². The molecule has 2 nitrogen and oxygen atoms in total. The third kappa shape index (κ3) is 4.87. The van der Waals surface area contributed by atoms with E-state index in [0.717, 1.165) is 19.5 Å². The topological polar surface area (TPSA) is 29.3 Å². The van der Waals surface area contributed by atoms with Crippen LogP contribution >= 0.6 is 0 Å². The van der Waals surface area contributed by atoms with Crippen molar-refractivity contribution in [1.29, 1.82) is 0 Å². The van der Waals surface area contributed by atoms with Crippen LogP contribution in [0.5, 0.6) is 0 Å². The fraction of sp³-hybridized carbons (Fsp3) is 0.647. The van der Waals surface area contributed by atoms with Crippen LogP contribution in [0.3, 0.4) is 0 Å². The lowest BCUT2D eigenvalue weighted by Gasteiger charge is -2.28. The van der Waals surface area contributed by atoms with Gasteiger partial charge >= 0.3 is 0 Å². The molecule has 2 heteroatoms. The Morgan fingerprint density at radius 1 is 1.00 bits per heavy atom. The van der Waals surface area contributed by atoms with Gasteiger partial charge in [-0.1, -0.05) is 51.8 Å². The first-order valence-electron chi connectivity index (χ1n) is 7.83. The van der Waals surface area contributed by atoms with E-state index in [4.69, 9.17) is 5.73 Å². The van der Waals surface area contributed by atoms with Crippen molar-refractivity contribution in [2.75, 3.05) is 18.0 Å². The van der Waals surface area contributed by atoms with Crippen LogP contribution in [-0.2, 0) is 0 Å². The Kier molecular flexibility index (Phi) is 7.57. The lowest BCUT2D eigenvalue weighted by molar-refractivity contribution is 0.657. The fourth-order valence-corrected chi connectivity index (χ4v) is 2.36. The minimum absolute atomic E-state index is 0.155. The molecule has 0 saturated carbocycles. The summed E-state index contributed by atoms with van der Waals surface area (Å²) in [5, 5.41) is 0. The van der Waals surface area contributed by atoms with Gasteiger partial charge in [-0.15, -0.1) is 0 Å². The largest absolute Gasteiger partial charge is 0.371 e. The van der Waals surface area contributed by atoms with Crippen molar-refractivity contribution in [2.45, 2.75) is 58.9 Å². The third-order valence-corrected chi connectivity index (χ3v) is 3.68. The molecule has 2 N–H and O–H groups in total. The van der Waals surface area contributed by atoms with Gasteiger partial charge in [0.15, 0.2) is 0 Å². The predicted molar refractivity (Wildman–Crippen MR) is 85.7 cm³/mol. The zero-order valence-electron chi connectivity index (χ0n) is 12.9. The summed E-state index contributed by atoms with van der Waals surface area (Å²) in [4.78, 5) is 2.53. The standard InChI is InChI=1S/C17H30N2/c1-4-7-13-19(14-8-5-2)17-12-10-9-11-15(17)16(18)6-3/h9-12,16H,4-8,13-14,18H2,1-3H3/t16-/m0/s1. The van der Waals surface area contributed by atoms with Gasteiger partial charge in [0.2, 0.25) is 0 Å². The van der Waals surface area contributed by atoms with Gasteiger partial charge < -0.3 is 10.6 Å². The van der Waals surface area contributed by atoms with Crippen molar-refractivity contribution in [1.82, 2.24) is 0 Å². The second-order valence-electron chi connectivity index (χ2n) is 5.27. The second kappa shape index (κ2) is 8.98. The quantitative estimate of drug-likeness (QED) is 0.710. The molecule has 0 aliphatic carbocycles. The number of unbranched alkanes of at least 4 members (excludes halogenated alkanes) is 2. The molecule has 0 radical (unpaired) electrons. The van der Waals surface area contributed by atoms with Crippen LogP contribution in [0.25, 0.3) is 0 Å². The van der Waals surface area contributed by atoms with Gasteiger partial charge in [-0.25, -0.2) is 0 Å². The van der Waals surface area contributed by atoms with Gasteiger partial charge in [-0.2, -0.15) is 0 Å². The summed E-state index contributed by atoms with van der Waals surface area (Å²) in [6.45, 7) is 8.95. The van der Waals surface area contributed by atoms with E-state index in [2.05, 4.69) is 49.9 Å². The Morgan fingerprint density at radius 2 is 1.58 bits per heavy atom. The van der Waals surface area contributed by atoms with Crippen LogP contribution in [0.1, 0.15) is 64.5 Å². The molecular formula is C17H30N2. The van der Waals surface area contributed by atoms with Crippen LogP contribution in [0.4, 0.5) is 5.69 Å². The lowest BCUT2D eigenvalue weighted by Crippen LogP contribution is -2.28. The number of nitrogens with two attached hydrogens (primary N) is 1. The molecule has 0 aliphatic rings. The molecule has 0 aliphatic heterocycles. The molecule has 1 aromatic rings. The average molecular weight is 262 g/mol. The molecule has 0 heterocycles. The molecule has 1 atom stereocenters. The summed E-state index contributed by atoms with van der Waals surface area (Å²) in [6.07, 6.45) is 5.97. The zero-order chi connectivity index (χ0) is 14.1. The number of nitrogens with zero attached hydrogens (tertiary/aromatic N) is 1. The van der Waals surface area contributed by atoms with Crippen LogP contribution < -0.4 is 10.6 Å². The van der Waals surface area contributed by atoms with E-state index in [-0.39, 0.29) is 6.04 Å². The summed E-state index contributed by atoms with van der Waals surface area (Å²) in [5.41, 5.74) is 8.91. The third-order valence-electron chi connectivity index (χ3n) is 3.68. The maximum atomic E-state index is 6.26. The summed E-state index contributed by atoms with van der Waals surface area (Å²) in [6, 6.07) is 8.81. The maximum Gasteiger partial charge on any atom is 0.0414 e. The summed E-state index contributed by atoms with van der Waals surface area (Å²) < 4.78 is 0. The van der Waals surface area contributed by atoms with Crippen molar-refractivity contribution < 1.29 is 0 Å². The SMILES string of the molecule is CCCCN(CCCC)c1ccccc1[C@@H](N)CC. The Balaban J connectivity index is 2.92.